The third-order valence-corrected chi connectivity index (χ3v) is 4.88. The van der Waals surface area contributed by atoms with Gasteiger partial charge in [-0.05, 0) is 80.1 Å². The highest BCUT2D eigenvalue weighted by molar-refractivity contribution is 9.10. The molecular weight excluding hydrogens is 324 g/mol. The van der Waals surface area contributed by atoms with E-state index in [0.717, 1.165) is 6.54 Å². The molecule has 3 heteroatoms. The Bertz CT molecular complexity index is 465. The molecule has 21 heavy (non-hydrogen) atoms. The highest BCUT2D eigenvalue weighted by atomic mass is 79.9. The summed E-state index contributed by atoms with van der Waals surface area (Å²) in [5.74, 6) is 0. The van der Waals surface area contributed by atoms with E-state index in [2.05, 4.69) is 72.0 Å². The van der Waals surface area contributed by atoms with Crippen LogP contribution in [0.3, 0.4) is 0 Å². The first kappa shape index (κ1) is 16.8. The summed E-state index contributed by atoms with van der Waals surface area (Å²) in [6, 6.07) is 7.53. The fraction of sp³-hybridized carbons (Fsp3) is 0.667. The summed E-state index contributed by atoms with van der Waals surface area (Å²) in [5, 5.41) is 3.55. The smallest absolute Gasteiger partial charge is 0.0513 e. The van der Waals surface area contributed by atoms with Crippen molar-refractivity contribution in [3.05, 3.63) is 28.2 Å². The quantitative estimate of drug-likeness (QED) is 0.810. The normalized spacial score (nSPS) is 19.9. The number of rotatable bonds is 4. The van der Waals surface area contributed by atoms with Crippen LogP contribution in [0.15, 0.2) is 22.7 Å². The number of benzene rings is 1. The van der Waals surface area contributed by atoms with E-state index in [1.165, 1.54) is 48.0 Å². The van der Waals surface area contributed by atoms with Crippen molar-refractivity contribution >= 4 is 21.6 Å². The first-order valence-corrected chi connectivity index (χ1v) is 9.00. The van der Waals surface area contributed by atoms with Crippen molar-refractivity contribution in [2.24, 2.45) is 0 Å². The summed E-state index contributed by atoms with van der Waals surface area (Å²) in [6.45, 7) is 11.0. The van der Waals surface area contributed by atoms with Crippen molar-refractivity contribution in [2.75, 3.05) is 11.4 Å². The molecule has 0 amide bonds. The molecule has 2 rings (SSSR count). The summed E-state index contributed by atoms with van der Waals surface area (Å²) >= 11 is 3.79. The predicted molar refractivity (Wildman–Crippen MR) is 96.0 cm³/mol. The maximum Gasteiger partial charge on any atom is 0.0513 e. The van der Waals surface area contributed by atoms with Crippen molar-refractivity contribution in [2.45, 2.75) is 71.5 Å². The van der Waals surface area contributed by atoms with E-state index in [1.807, 2.05) is 0 Å². The van der Waals surface area contributed by atoms with E-state index >= 15 is 0 Å². The Morgan fingerprint density at radius 3 is 2.67 bits per heavy atom. The van der Waals surface area contributed by atoms with Crippen molar-refractivity contribution in [3.63, 3.8) is 0 Å². The molecule has 0 aromatic heterocycles. The molecule has 1 aliphatic rings. The lowest BCUT2D eigenvalue weighted by atomic mass is 9.99. The van der Waals surface area contributed by atoms with E-state index in [4.69, 9.17) is 0 Å². The Hall–Kier alpha value is -0.540. The Kier molecular flexibility index (Phi) is 5.73. The van der Waals surface area contributed by atoms with E-state index in [1.54, 1.807) is 0 Å². The molecule has 1 unspecified atom stereocenters. The van der Waals surface area contributed by atoms with Gasteiger partial charge in [0.15, 0.2) is 0 Å². The van der Waals surface area contributed by atoms with Gasteiger partial charge in [-0.1, -0.05) is 13.0 Å². The number of hydrogen-bond donors (Lipinski definition) is 1. The molecule has 1 heterocycles. The highest BCUT2D eigenvalue weighted by Crippen LogP contribution is 2.33. The van der Waals surface area contributed by atoms with Crippen LogP contribution in [0.1, 0.15) is 58.9 Å². The molecule has 0 radical (unpaired) electrons. The first-order valence-electron chi connectivity index (χ1n) is 8.21. The lowest BCUT2D eigenvalue weighted by Gasteiger charge is -2.38. The van der Waals surface area contributed by atoms with E-state index in [0.29, 0.717) is 6.04 Å². The molecule has 0 saturated carbocycles. The van der Waals surface area contributed by atoms with Gasteiger partial charge in [-0.25, -0.2) is 0 Å². The monoisotopic (exact) mass is 352 g/mol. The van der Waals surface area contributed by atoms with Gasteiger partial charge in [0.1, 0.15) is 0 Å². The van der Waals surface area contributed by atoms with Crippen LogP contribution in [0.2, 0.25) is 0 Å². The Labute approximate surface area is 138 Å². The van der Waals surface area contributed by atoms with Gasteiger partial charge in [0.25, 0.3) is 0 Å². The van der Waals surface area contributed by atoms with Crippen LogP contribution in [0.25, 0.3) is 0 Å². The molecule has 1 atom stereocenters. The average molecular weight is 353 g/mol. The topological polar surface area (TPSA) is 15.3 Å². The molecule has 118 valence electrons. The van der Waals surface area contributed by atoms with Gasteiger partial charge in [0.05, 0.1) is 5.69 Å². The SMILES string of the molecule is CCC1CCCCN1c1ccc(CNC(C)(C)C)cc1Br. The number of hydrogen-bond acceptors (Lipinski definition) is 2. The standard InChI is InChI=1S/C18H29BrN2/c1-5-15-8-6-7-11-21(15)17-10-9-14(12-16(17)19)13-20-18(2,3)4/h9-10,12,15,20H,5-8,11,13H2,1-4H3. The maximum atomic E-state index is 3.79. The molecular formula is C18H29BrN2. The molecule has 1 aromatic carbocycles. The Morgan fingerprint density at radius 2 is 2.05 bits per heavy atom. The number of anilines is 1. The predicted octanol–water partition coefficient (Wildman–Crippen LogP) is 5.11. The van der Waals surface area contributed by atoms with Crippen molar-refractivity contribution in [1.29, 1.82) is 0 Å². The van der Waals surface area contributed by atoms with Gasteiger partial charge >= 0.3 is 0 Å². The van der Waals surface area contributed by atoms with Crippen LogP contribution >= 0.6 is 15.9 Å². The fourth-order valence-corrected chi connectivity index (χ4v) is 3.66. The molecule has 1 aliphatic heterocycles. The molecule has 1 fully saturated rings. The highest BCUT2D eigenvalue weighted by Gasteiger charge is 2.22. The molecule has 0 aliphatic carbocycles. The van der Waals surface area contributed by atoms with E-state index in [-0.39, 0.29) is 5.54 Å². The summed E-state index contributed by atoms with van der Waals surface area (Å²) in [6.07, 6.45) is 5.26. The largest absolute Gasteiger partial charge is 0.368 e. The second kappa shape index (κ2) is 7.15. The molecule has 0 bridgehead atoms. The maximum absolute atomic E-state index is 3.79. The summed E-state index contributed by atoms with van der Waals surface area (Å²) in [5.41, 5.74) is 2.86. The van der Waals surface area contributed by atoms with Crippen molar-refractivity contribution in [1.82, 2.24) is 5.32 Å². The summed E-state index contributed by atoms with van der Waals surface area (Å²) in [4.78, 5) is 2.59. The van der Waals surface area contributed by atoms with Gasteiger partial charge in [-0.15, -0.1) is 0 Å². The zero-order valence-corrected chi connectivity index (χ0v) is 15.5. The summed E-state index contributed by atoms with van der Waals surface area (Å²) in [7, 11) is 0. The number of nitrogens with one attached hydrogen (secondary N) is 1. The second-order valence-corrected chi connectivity index (χ2v) is 7.99. The zero-order chi connectivity index (χ0) is 15.5. The number of nitrogens with zero attached hydrogens (tertiary/aromatic N) is 1. The molecule has 1 saturated heterocycles. The Balaban J connectivity index is 2.11. The molecule has 0 spiro atoms. The fourth-order valence-electron chi connectivity index (χ4n) is 3.00. The van der Waals surface area contributed by atoms with E-state index < -0.39 is 0 Å². The lowest BCUT2D eigenvalue weighted by Crippen LogP contribution is -2.39. The molecule has 2 nitrogen and oxygen atoms in total. The minimum atomic E-state index is 0.158. The van der Waals surface area contributed by atoms with Crippen LogP contribution in [-0.4, -0.2) is 18.1 Å². The molecule has 1 N–H and O–H groups in total. The first-order chi connectivity index (χ1) is 9.90. The van der Waals surface area contributed by atoms with E-state index in [9.17, 15) is 0 Å². The van der Waals surface area contributed by atoms with Crippen LogP contribution in [0.4, 0.5) is 5.69 Å². The number of piperidine rings is 1. The van der Waals surface area contributed by atoms with Gasteiger partial charge < -0.3 is 10.2 Å². The molecule has 1 aromatic rings. The third kappa shape index (κ3) is 4.72. The Morgan fingerprint density at radius 1 is 1.29 bits per heavy atom. The van der Waals surface area contributed by atoms with Crippen LogP contribution in [0.5, 0.6) is 0 Å². The minimum absolute atomic E-state index is 0.158. The lowest BCUT2D eigenvalue weighted by molar-refractivity contribution is 0.424. The zero-order valence-electron chi connectivity index (χ0n) is 13.9. The number of halogens is 1. The third-order valence-electron chi connectivity index (χ3n) is 4.24. The van der Waals surface area contributed by atoms with Gasteiger partial charge in [-0.2, -0.15) is 0 Å². The van der Waals surface area contributed by atoms with Gasteiger partial charge in [0, 0.05) is 29.1 Å². The van der Waals surface area contributed by atoms with Crippen molar-refractivity contribution in [3.8, 4) is 0 Å². The van der Waals surface area contributed by atoms with Crippen LogP contribution in [0, 0.1) is 0 Å². The van der Waals surface area contributed by atoms with Gasteiger partial charge in [0.2, 0.25) is 0 Å². The van der Waals surface area contributed by atoms with Crippen LogP contribution in [-0.2, 0) is 6.54 Å². The minimum Gasteiger partial charge on any atom is -0.368 e. The van der Waals surface area contributed by atoms with Crippen LogP contribution < -0.4 is 10.2 Å². The average Bonchev–Trinajstić information content (AvgIpc) is 2.44. The second-order valence-electron chi connectivity index (χ2n) is 7.14. The van der Waals surface area contributed by atoms with Gasteiger partial charge in [-0.3, -0.25) is 0 Å². The summed E-state index contributed by atoms with van der Waals surface area (Å²) < 4.78 is 1.23. The van der Waals surface area contributed by atoms with Crippen molar-refractivity contribution < 1.29 is 0 Å².